The number of aromatic nitrogens is 2. The number of thioether (sulfide) groups is 1. The molecule has 0 aromatic carbocycles. The molecule has 1 amide bonds. The second-order valence-corrected chi connectivity index (χ2v) is 8.00. The maximum absolute atomic E-state index is 12.5. The van der Waals surface area contributed by atoms with Crippen molar-refractivity contribution in [3.63, 3.8) is 0 Å². The molecule has 0 saturated carbocycles. The average molecular weight is 365 g/mol. The van der Waals surface area contributed by atoms with Crippen LogP contribution in [0.3, 0.4) is 0 Å². The van der Waals surface area contributed by atoms with Crippen LogP contribution in [0.4, 0.5) is 5.82 Å². The largest absolute Gasteiger partial charge is 0.356 e. The number of hydrogen-bond acceptors (Lipinski definition) is 6. The molecule has 0 spiro atoms. The highest BCUT2D eigenvalue weighted by Crippen LogP contribution is 2.33. The Morgan fingerprint density at radius 2 is 2.12 bits per heavy atom. The molecule has 1 saturated heterocycles. The first-order valence-corrected chi connectivity index (χ1v) is 10.6. The van der Waals surface area contributed by atoms with Crippen molar-refractivity contribution < 1.29 is 4.79 Å². The fourth-order valence-electron chi connectivity index (χ4n) is 2.83. The fourth-order valence-corrected chi connectivity index (χ4v) is 4.18. The van der Waals surface area contributed by atoms with Crippen LogP contribution in [0.5, 0.6) is 0 Å². The van der Waals surface area contributed by atoms with Crippen molar-refractivity contribution in [2.24, 2.45) is 0 Å². The Morgan fingerprint density at radius 3 is 2.79 bits per heavy atom. The molecular formula is C17H24N4OS2. The van der Waals surface area contributed by atoms with E-state index in [0.717, 1.165) is 45.6 Å². The zero-order chi connectivity index (χ0) is 17.1. The summed E-state index contributed by atoms with van der Waals surface area (Å²) < 4.78 is 0. The molecule has 3 rings (SSSR count). The quantitative estimate of drug-likeness (QED) is 0.643. The van der Waals surface area contributed by atoms with Gasteiger partial charge in [-0.2, -0.15) is 0 Å². The molecular weight excluding hydrogens is 340 g/mol. The molecule has 1 fully saturated rings. The van der Waals surface area contributed by atoms with Crippen molar-refractivity contribution >= 4 is 45.0 Å². The van der Waals surface area contributed by atoms with Crippen LogP contribution in [0.2, 0.25) is 0 Å². The number of carbonyl (C=O) groups excluding carboxylic acids is 1. The van der Waals surface area contributed by atoms with Gasteiger partial charge < -0.3 is 10.2 Å². The van der Waals surface area contributed by atoms with Gasteiger partial charge in [-0.25, -0.2) is 9.97 Å². The number of rotatable bonds is 5. The second kappa shape index (κ2) is 7.70. The summed E-state index contributed by atoms with van der Waals surface area (Å²) in [7, 11) is 0. The van der Waals surface area contributed by atoms with Crippen LogP contribution in [0.25, 0.3) is 10.2 Å². The molecule has 1 N–H and O–H groups in total. The molecule has 2 aromatic heterocycles. The predicted octanol–water partition coefficient (Wildman–Crippen LogP) is 3.93. The molecule has 24 heavy (non-hydrogen) atoms. The van der Waals surface area contributed by atoms with Gasteiger partial charge >= 0.3 is 0 Å². The number of nitrogens with one attached hydrogen (secondary N) is 1. The molecule has 0 unspecified atom stereocenters. The first kappa shape index (κ1) is 17.5. The van der Waals surface area contributed by atoms with E-state index in [9.17, 15) is 4.79 Å². The fraction of sp³-hybridized carbons (Fsp3) is 0.588. The number of piperidine rings is 1. The Bertz CT molecular complexity index is 725. The summed E-state index contributed by atoms with van der Waals surface area (Å²) in [6.45, 7) is 6.16. The standard InChI is InChI=1S/C17H24N4OS2/c1-4-11(2)18-15(22)13-10-12-14(21-8-6-5-7-9-21)19-17(23-3)20-16(12)24-13/h10-11H,4-9H2,1-3H3,(H,18,22)/t11-/m1/s1. The number of fused-ring (bicyclic) bond motifs is 1. The van der Waals surface area contributed by atoms with Gasteiger partial charge in [0.05, 0.1) is 10.3 Å². The number of carbonyl (C=O) groups is 1. The number of anilines is 1. The number of amides is 1. The summed E-state index contributed by atoms with van der Waals surface area (Å²) in [5.41, 5.74) is 0. The van der Waals surface area contributed by atoms with Gasteiger partial charge in [0.1, 0.15) is 10.6 Å². The zero-order valence-corrected chi connectivity index (χ0v) is 16.1. The minimum atomic E-state index is -0.0114. The van der Waals surface area contributed by atoms with Crippen molar-refractivity contribution in [1.82, 2.24) is 15.3 Å². The second-order valence-electron chi connectivity index (χ2n) is 6.19. The highest BCUT2D eigenvalue weighted by atomic mass is 32.2. The van der Waals surface area contributed by atoms with Crippen molar-refractivity contribution in [3.8, 4) is 0 Å². The van der Waals surface area contributed by atoms with E-state index in [1.807, 2.05) is 19.2 Å². The lowest BCUT2D eigenvalue weighted by atomic mass is 10.1. The average Bonchev–Trinajstić information content (AvgIpc) is 3.05. The molecule has 7 heteroatoms. The van der Waals surface area contributed by atoms with Crippen LogP contribution >= 0.6 is 23.1 Å². The first-order valence-electron chi connectivity index (χ1n) is 8.53. The molecule has 130 valence electrons. The highest BCUT2D eigenvalue weighted by Gasteiger charge is 2.21. The molecule has 0 aliphatic carbocycles. The van der Waals surface area contributed by atoms with Gasteiger partial charge in [0, 0.05) is 19.1 Å². The number of nitrogens with zero attached hydrogens (tertiary/aromatic N) is 3. The van der Waals surface area contributed by atoms with Gasteiger partial charge in [-0.3, -0.25) is 4.79 Å². The van der Waals surface area contributed by atoms with Crippen LogP contribution in [-0.4, -0.2) is 41.3 Å². The summed E-state index contributed by atoms with van der Waals surface area (Å²) in [6, 6.07) is 2.14. The van der Waals surface area contributed by atoms with Gasteiger partial charge in [-0.15, -0.1) is 11.3 Å². The summed E-state index contributed by atoms with van der Waals surface area (Å²) in [5.74, 6) is 0.977. The van der Waals surface area contributed by atoms with Gasteiger partial charge in [0.15, 0.2) is 5.16 Å². The Morgan fingerprint density at radius 1 is 1.38 bits per heavy atom. The third-order valence-electron chi connectivity index (χ3n) is 4.40. The molecule has 5 nitrogen and oxygen atoms in total. The van der Waals surface area contributed by atoms with Gasteiger partial charge in [0.25, 0.3) is 5.91 Å². The zero-order valence-electron chi connectivity index (χ0n) is 14.5. The maximum Gasteiger partial charge on any atom is 0.261 e. The monoisotopic (exact) mass is 364 g/mol. The van der Waals surface area contributed by atoms with E-state index < -0.39 is 0 Å². The van der Waals surface area contributed by atoms with Gasteiger partial charge in [0.2, 0.25) is 0 Å². The summed E-state index contributed by atoms with van der Waals surface area (Å²) >= 11 is 3.01. The smallest absolute Gasteiger partial charge is 0.261 e. The summed E-state index contributed by atoms with van der Waals surface area (Å²) in [5, 5.41) is 4.82. The van der Waals surface area contributed by atoms with Gasteiger partial charge in [-0.1, -0.05) is 18.7 Å². The molecule has 1 aliphatic rings. The van der Waals surface area contributed by atoms with Crippen LogP contribution in [0, 0.1) is 0 Å². The lowest BCUT2D eigenvalue weighted by Crippen LogP contribution is -2.31. The SMILES string of the molecule is CC[C@@H](C)NC(=O)c1cc2c(N3CCCCC3)nc(SC)nc2s1. The van der Waals surface area contributed by atoms with Crippen LogP contribution in [0.15, 0.2) is 11.2 Å². The van der Waals surface area contributed by atoms with Crippen LogP contribution < -0.4 is 10.2 Å². The topological polar surface area (TPSA) is 58.1 Å². The molecule has 1 atom stereocenters. The lowest BCUT2D eigenvalue weighted by molar-refractivity contribution is 0.0943. The van der Waals surface area contributed by atoms with Crippen LogP contribution in [0.1, 0.15) is 49.2 Å². The first-order chi connectivity index (χ1) is 11.6. The molecule has 0 radical (unpaired) electrons. The van der Waals surface area contributed by atoms with Gasteiger partial charge in [-0.05, 0) is 44.9 Å². The predicted molar refractivity (Wildman–Crippen MR) is 102 cm³/mol. The molecule has 0 bridgehead atoms. The third kappa shape index (κ3) is 3.67. The molecule has 3 heterocycles. The molecule has 2 aromatic rings. The minimum Gasteiger partial charge on any atom is -0.356 e. The van der Waals surface area contributed by atoms with E-state index >= 15 is 0 Å². The Kier molecular flexibility index (Phi) is 5.61. The summed E-state index contributed by atoms with van der Waals surface area (Å²) in [4.78, 5) is 25.8. The van der Waals surface area contributed by atoms with E-state index in [4.69, 9.17) is 4.98 Å². The normalized spacial score (nSPS) is 16.4. The Labute approximate surface area is 151 Å². The van der Waals surface area contributed by atoms with E-state index in [1.54, 1.807) is 11.8 Å². The Balaban J connectivity index is 1.99. The van der Waals surface area contributed by atoms with E-state index in [0.29, 0.717) is 0 Å². The van der Waals surface area contributed by atoms with E-state index in [2.05, 4.69) is 22.1 Å². The van der Waals surface area contributed by atoms with Crippen molar-refractivity contribution in [3.05, 3.63) is 10.9 Å². The van der Waals surface area contributed by atoms with E-state index in [-0.39, 0.29) is 11.9 Å². The number of hydrogen-bond donors (Lipinski definition) is 1. The van der Waals surface area contributed by atoms with Crippen molar-refractivity contribution in [2.75, 3.05) is 24.2 Å². The lowest BCUT2D eigenvalue weighted by Gasteiger charge is -2.28. The van der Waals surface area contributed by atoms with Crippen molar-refractivity contribution in [2.45, 2.75) is 50.7 Å². The minimum absolute atomic E-state index is 0.0114. The maximum atomic E-state index is 12.5. The van der Waals surface area contributed by atoms with E-state index in [1.165, 1.54) is 30.6 Å². The molecule has 1 aliphatic heterocycles. The number of thiophene rings is 1. The summed E-state index contributed by atoms with van der Waals surface area (Å²) in [6.07, 6.45) is 6.60. The van der Waals surface area contributed by atoms with Crippen LogP contribution in [-0.2, 0) is 0 Å². The third-order valence-corrected chi connectivity index (χ3v) is 5.98. The van der Waals surface area contributed by atoms with Crippen molar-refractivity contribution in [1.29, 1.82) is 0 Å². The highest BCUT2D eigenvalue weighted by molar-refractivity contribution is 7.98. The Hall–Kier alpha value is -1.34.